The normalized spacial score (nSPS) is 15.8. The third kappa shape index (κ3) is 4.79. The van der Waals surface area contributed by atoms with Crippen LogP contribution in [0.4, 0.5) is 11.4 Å². The van der Waals surface area contributed by atoms with E-state index in [1.165, 1.54) is 0 Å². The number of carbonyl (C=O) groups excluding carboxylic acids is 2. The van der Waals surface area contributed by atoms with Gasteiger partial charge in [0.25, 0.3) is 0 Å². The molecule has 0 saturated carbocycles. The van der Waals surface area contributed by atoms with Crippen molar-refractivity contribution >= 4 is 31.1 Å². The molecule has 2 aromatic carbocycles. The van der Waals surface area contributed by atoms with Crippen LogP contribution in [0.2, 0.25) is 0 Å². The second kappa shape index (κ2) is 10.6. The SMILES string of the molecule is C=C(C(CC(=O)OCC)C(=O)OCC)[P]1(O)N(c2ccccc2)CCN1c1ccccc1. The second-order valence-electron chi connectivity index (χ2n) is 7.29. The molecule has 8 heteroatoms. The molecule has 1 fully saturated rings. The quantitative estimate of drug-likeness (QED) is 0.441. The number of carbonyl (C=O) groups is 2. The molecule has 0 bridgehead atoms. The van der Waals surface area contributed by atoms with Gasteiger partial charge in [-0.2, -0.15) is 0 Å². The first-order chi connectivity index (χ1) is 15.4. The van der Waals surface area contributed by atoms with Gasteiger partial charge in [0, 0.05) is 29.8 Å². The topological polar surface area (TPSA) is 79.3 Å². The molecule has 7 nitrogen and oxygen atoms in total. The Kier molecular flexibility index (Phi) is 7.89. The van der Waals surface area contributed by atoms with E-state index < -0.39 is 25.6 Å². The number of benzene rings is 2. The summed E-state index contributed by atoms with van der Waals surface area (Å²) in [7, 11) is -3.32. The van der Waals surface area contributed by atoms with Crippen LogP contribution in [0.15, 0.2) is 72.6 Å². The van der Waals surface area contributed by atoms with Gasteiger partial charge in [-0.1, -0.05) is 43.0 Å². The Morgan fingerprint density at radius 1 is 0.938 bits per heavy atom. The average Bonchev–Trinajstić information content (AvgIpc) is 3.16. The van der Waals surface area contributed by atoms with Crippen molar-refractivity contribution in [3.63, 3.8) is 0 Å². The Balaban J connectivity index is 2.06. The van der Waals surface area contributed by atoms with E-state index in [1.807, 2.05) is 70.0 Å². The van der Waals surface area contributed by atoms with Crippen LogP contribution in [0, 0.1) is 5.92 Å². The number of nitrogens with zero attached hydrogens (tertiary/aromatic N) is 2. The van der Waals surface area contributed by atoms with Crippen LogP contribution in [-0.4, -0.2) is 43.1 Å². The van der Waals surface area contributed by atoms with Crippen molar-refractivity contribution in [2.75, 3.05) is 35.6 Å². The van der Waals surface area contributed by atoms with Crippen molar-refractivity contribution < 1.29 is 24.0 Å². The largest absolute Gasteiger partial charge is 0.466 e. The first kappa shape index (κ1) is 23.8. The third-order valence-corrected chi connectivity index (χ3v) is 8.63. The number of ether oxygens (including phenoxy) is 2. The number of anilines is 2. The summed E-state index contributed by atoms with van der Waals surface area (Å²) in [5.41, 5.74) is 1.64. The van der Waals surface area contributed by atoms with Crippen LogP contribution in [0.5, 0.6) is 0 Å². The molecule has 1 heterocycles. The second-order valence-corrected chi connectivity index (χ2v) is 9.97. The highest BCUT2D eigenvalue weighted by Gasteiger charge is 2.51. The summed E-state index contributed by atoms with van der Waals surface area (Å²) in [4.78, 5) is 37.5. The fourth-order valence-corrected chi connectivity index (χ4v) is 7.01. The standard InChI is InChI=1S/C24H30N2O5P/c1-4-30-23(27)18-22(24(28)31-5-2)19(3)32(29)25(20-12-8-6-9-13-20)16-17-26(32)21-14-10-7-11-15-21/h6-15,22,29H,3-5,16-18H2,1-2H3. The predicted molar refractivity (Wildman–Crippen MR) is 127 cm³/mol. The molecule has 1 radical (unpaired) electrons. The molecule has 32 heavy (non-hydrogen) atoms. The first-order valence-electron chi connectivity index (χ1n) is 10.7. The van der Waals surface area contributed by atoms with Gasteiger partial charge in [0.15, 0.2) is 7.79 Å². The van der Waals surface area contributed by atoms with E-state index in [2.05, 4.69) is 6.58 Å². The Bertz CT molecular complexity index is 890. The number of hydrogen-bond donors (Lipinski definition) is 1. The van der Waals surface area contributed by atoms with Gasteiger partial charge in [-0.15, -0.1) is 0 Å². The minimum absolute atomic E-state index is 0.160. The molecular weight excluding hydrogens is 427 g/mol. The minimum atomic E-state index is -3.32. The molecule has 0 aromatic heterocycles. The van der Waals surface area contributed by atoms with Gasteiger partial charge in [0.05, 0.1) is 25.6 Å². The highest BCUT2D eigenvalue weighted by atomic mass is 31.2. The van der Waals surface area contributed by atoms with Gasteiger partial charge in [-0.05, 0) is 38.1 Å². The highest BCUT2D eigenvalue weighted by Crippen LogP contribution is 2.73. The van der Waals surface area contributed by atoms with Crippen LogP contribution in [0.3, 0.4) is 0 Å². The average molecular weight is 457 g/mol. The Hall–Kier alpha value is -2.89. The van der Waals surface area contributed by atoms with Gasteiger partial charge in [-0.25, -0.2) is 0 Å². The lowest BCUT2D eigenvalue weighted by molar-refractivity contribution is -0.153. The van der Waals surface area contributed by atoms with Gasteiger partial charge in [0.2, 0.25) is 0 Å². The lowest BCUT2D eigenvalue weighted by Gasteiger charge is -2.45. The van der Waals surface area contributed by atoms with Crippen LogP contribution in [-0.2, 0) is 19.1 Å². The van der Waals surface area contributed by atoms with Crippen molar-refractivity contribution in [1.82, 2.24) is 0 Å². The Morgan fingerprint density at radius 3 is 1.84 bits per heavy atom. The highest BCUT2D eigenvalue weighted by molar-refractivity contribution is 7.77. The smallest absolute Gasteiger partial charge is 0.314 e. The van der Waals surface area contributed by atoms with Crippen LogP contribution < -0.4 is 9.34 Å². The van der Waals surface area contributed by atoms with Crippen molar-refractivity contribution in [2.24, 2.45) is 5.92 Å². The van der Waals surface area contributed by atoms with Crippen molar-refractivity contribution in [3.05, 3.63) is 72.6 Å². The molecule has 2 aromatic rings. The number of esters is 2. The number of para-hydroxylation sites is 2. The predicted octanol–water partition coefficient (Wildman–Crippen LogP) is 4.41. The van der Waals surface area contributed by atoms with Crippen LogP contribution in [0.1, 0.15) is 20.3 Å². The molecule has 0 aliphatic carbocycles. The molecule has 3 rings (SSSR count). The maximum atomic E-state index is 12.9. The van der Waals surface area contributed by atoms with Gasteiger partial charge < -0.3 is 23.7 Å². The zero-order chi connectivity index (χ0) is 23.1. The molecular formula is C24H30N2O5P. The van der Waals surface area contributed by atoms with E-state index in [0.29, 0.717) is 13.1 Å². The Morgan fingerprint density at radius 2 is 1.41 bits per heavy atom. The molecule has 1 N–H and O–H groups in total. The summed E-state index contributed by atoms with van der Waals surface area (Å²) in [5.74, 6) is -2.15. The minimum Gasteiger partial charge on any atom is -0.466 e. The van der Waals surface area contributed by atoms with Crippen LogP contribution >= 0.6 is 7.79 Å². The van der Waals surface area contributed by atoms with Gasteiger partial charge >= 0.3 is 11.9 Å². The first-order valence-corrected chi connectivity index (χ1v) is 12.4. The zero-order valence-electron chi connectivity index (χ0n) is 18.5. The molecule has 1 atom stereocenters. The third-order valence-electron chi connectivity index (χ3n) is 5.34. The number of rotatable bonds is 9. The summed E-state index contributed by atoms with van der Waals surface area (Å²) in [5, 5.41) is 0.272. The van der Waals surface area contributed by atoms with Crippen molar-refractivity contribution in [2.45, 2.75) is 20.3 Å². The lowest BCUT2D eigenvalue weighted by Crippen LogP contribution is -2.32. The molecule has 1 saturated heterocycles. The summed E-state index contributed by atoms with van der Waals surface area (Å²) in [6, 6.07) is 19.1. The number of hydrogen-bond acceptors (Lipinski definition) is 7. The van der Waals surface area contributed by atoms with Gasteiger partial charge in [-0.3, -0.25) is 9.59 Å². The van der Waals surface area contributed by atoms with E-state index >= 15 is 0 Å². The van der Waals surface area contributed by atoms with E-state index in [1.54, 1.807) is 13.8 Å². The maximum absolute atomic E-state index is 12.9. The molecule has 0 spiro atoms. The lowest BCUT2D eigenvalue weighted by atomic mass is 10.1. The van der Waals surface area contributed by atoms with Gasteiger partial charge in [0.1, 0.15) is 0 Å². The maximum Gasteiger partial charge on any atom is 0.314 e. The van der Waals surface area contributed by atoms with E-state index in [0.717, 1.165) is 11.4 Å². The fraction of sp³-hybridized carbons (Fsp3) is 0.333. The fourth-order valence-electron chi connectivity index (χ4n) is 3.86. The molecule has 1 aliphatic heterocycles. The van der Waals surface area contributed by atoms with Crippen molar-refractivity contribution in [3.8, 4) is 0 Å². The zero-order valence-corrected chi connectivity index (χ0v) is 19.4. The van der Waals surface area contributed by atoms with E-state index in [4.69, 9.17) is 9.47 Å². The Labute approximate surface area is 189 Å². The van der Waals surface area contributed by atoms with Crippen molar-refractivity contribution in [1.29, 1.82) is 0 Å². The molecule has 1 aliphatic rings. The molecule has 0 amide bonds. The molecule has 1 unspecified atom stereocenters. The summed E-state index contributed by atoms with van der Waals surface area (Å²) < 4.78 is 14.1. The van der Waals surface area contributed by atoms with E-state index in [9.17, 15) is 14.5 Å². The summed E-state index contributed by atoms with van der Waals surface area (Å²) in [6.45, 7) is 9.03. The van der Waals surface area contributed by atoms with Crippen LogP contribution in [0.25, 0.3) is 0 Å². The summed E-state index contributed by atoms with van der Waals surface area (Å²) >= 11 is 0. The monoisotopic (exact) mass is 457 g/mol. The molecule has 171 valence electrons. The van der Waals surface area contributed by atoms with E-state index in [-0.39, 0.29) is 24.9 Å². The summed E-state index contributed by atoms with van der Waals surface area (Å²) in [6.07, 6.45) is -0.237.